The fourth-order valence-corrected chi connectivity index (χ4v) is 3.93. The molecule has 1 saturated heterocycles. The number of imidazole rings is 1. The Morgan fingerprint density at radius 3 is 2.61 bits per heavy atom. The normalized spacial score (nSPS) is 17.5. The number of alkyl carbamates (subject to hydrolysis) is 1. The summed E-state index contributed by atoms with van der Waals surface area (Å²) in [5, 5.41) is 2.77. The molecule has 0 radical (unpaired) electrons. The number of nitrogens with zero attached hydrogens (tertiary/aromatic N) is 4. The van der Waals surface area contributed by atoms with Crippen LogP contribution in [-0.4, -0.2) is 50.0 Å². The molecular weight excluding hydrogens is 394 g/mol. The molecule has 3 heterocycles. The lowest BCUT2D eigenvalue weighted by atomic mass is 10.0. The highest BCUT2D eigenvalue weighted by molar-refractivity contribution is 5.87. The highest BCUT2D eigenvalue weighted by Crippen LogP contribution is 2.29. The van der Waals surface area contributed by atoms with E-state index in [1.165, 1.54) is 0 Å². The van der Waals surface area contributed by atoms with Gasteiger partial charge in [0.25, 0.3) is 0 Å². The number of carbonyl (C=O) groups excluding carboxylic acids is 2. The number of rotatable bonds is 4. The lowest BCUT2D eigenvalue weighted by Gasteiger charge is -2.26. The molecule has 0 unspecified atom stereocenters. The molecule has 8 nitrogen and oxygen atoms in total. The molecule has 1 N–H and O–H groups in total. The zero-order valence-corrected chi connectivity index (χ0v) is 18.0. The average Bonchev–Trinajstić information content (AvgIpc) is 3.40. The second kappa shape index (κ2) is 8.37. The molecule has 31 heavy (non-hydrogen) atoms. The van der Waals surface area contributed by atoms with Gasteiger partial charge in [-0.3, -0.25) is 9.20 Å². The minimum absolute atomic E-state index is 0.143. The van der Waals surface area contributed by atoms with Crippen molar-refractivity contribution in [2.45, 2.75) is 44.8 Å². The van der Waals surface area contributed by atoms with Crippen LogP contribution in [0.3, 0.4) is 0 Å². The Morgan fingerprint density at radius 2 is 1.87 bits per heavy atom. The smallest absolute Gasteiger partial charge is 0.408 e. The molecule has 0 saturated carbocycles. The molecule has 2 amide bonds. The van der Waals surface area contributed by atoms with E-state index < -0.39 is 17.7 Å². The molecule has 162 valence electrons. The predicted molar refractivity (Wildman–Crippen MR) is 115 cm³/mol. The summed E-state index contributed by atoms with van der Waals surface area (Å²) in [5.74, 6) is 0.674. The summed E-state index contributed by atoms with van der Waals surface area (Å²) in [6.45, 7) is 6.56. The number of nitrogens with one attached hydrogen (secondary N) is 1. The van der Waals surface area contributed by atoms with Gasteiger partial charge in [-0.05, 0) is 38.8 Å². The van der Waals surface area contributed by atoms with Crippen molar-refractivity contribution in [3.05, 3.63) is 66.2 Å². The molecular formula is C23H27N5O3. The van der Waals surface area contributed by atoms with Crippen molar-refractivity contribution in [1.82, 2.24) is 24.6 Å². The fourth-order valence-electron chi connectivity index (χ4n) is 3.93. The number of benzene rings is 1. The van der Waals surface area contributed by atoms with Crippen LogP contribution < -0.4 is 5.32 Å². The van der Waals surface area contributed by atoms with E-state index >= 15 is 0 Å². The Balaban J connectivity index is 1.53. The largest absolute Gasteiger partial charge is 0.444 e. The zero-order chi connectivity index (χ0) is 22.0. The van der Waals surface area contributed by atoms with E-state index in [4.69, 9.17) is 4.74 Å². The van der Waals surface area contributed by atoms with Crippen LogP contribution in [0.5, 0.6) is 0 Å². The van der Waals surface area contributed by atoms with Gasteiger partial charge in [0.15, 0.2) is 0 Å². The zero-order valence-electron chi connectivity index (χ0n) is 18.0. The molecule has 0 aliphatic carbocycles. The van der Waals surface area contributed by atoms with Crippen molar-refractivity contribution in [2.24, 2.45) is 0 Å². The lowest BCUT2D eigenvalue weighted by molar-refractivity contribution is -0.132. The van der Waals surface area contributed by atoms with E-state index in [1.807, 2.05) is 51.9 Å². The number of aromatic nitrogens is 3. The van der Waals surface area contributed by atoms with Crippen LogP contribution in [0.2, 0.25) is 0 Å². The molecule has 3 aromatic rings. The van der Waals surface area contributed by atoms with Crippen LogP contribution in [0, 0.1) is 0 Å². The third-order valence-electron chi connectivity index (χ3n) is 5.29. The number of ether oxygens (including phenoxy) is 1. The van der Waals surface area contributed by atoms with E-state index in [0.29, 0.717) is 18.9 Å². The first-order valence-corrected chi connectivity index (χ1v) is 10.4. The van der Waals surface area contributed by atoms with Gasteiger partial charge in [-0.1, -0.05) is 30.3 Å². The maximum Gasteiger partial charge on any atom is 0.408 e. The van der Waals surface area contributed by atoms with Crippen LogP contribution >= 0.6 is 0 Å². The fraction of sp³-hybridized carbons (Fsp3) is 0.391. The molecule has 1 fully saturated rings. The van der Waals surface area contributed by atoms with Crippen LogP contribution in [0.4, 0.5) is 4.79 Å². The van der Waals surface area contributed by atoms with Gasteiger partial charge in [0.05, 0.1) is 0 Å². The topological polar surface area (TPSA) is 88.8 Å². The maximum atomic E-state index is 13.5. The van der Waals surface area contributed by atoms with Gasteiger partial charge in [-0.15, -0.1) is 0 Å². The SMILES string of the molecule is CC(C)(C)OC(=O)N[C@H](C(=O)N1CC[C@H](c2ccnc3nccn23)C1)c1ccccc1. The monoisotopic (exact) mass is 421 g/mol. The van der Waals surface area contributed by atoms with Crippen molar-refractivity contribution in [1.29, 1.82) is 0 Å². The Kier molecular flexibility index (Phi) is 5.63. The predicted octanol–water partition coefficient (Wildman–Crippen LogP) is 3.31. The van der Waals surface area contributed by atoms with Gasteiger partial charge in [0, 0.05) is 43.3 Å². The van der Waals surface area contributed by atoms with Crippen molar-refractivity contribution < 1.29 is 14.3 Å². The van der Waals surface area contributed by atoms with E-state index in [1.54, 1.807) is 33.2 Å². The minimum Gasteiger partial charge on any atom is -0.444 e. The number of amides is 2. The maximum absolute atomic E-state index is 13.5. The van der Waals surface area contributed by atoms with Gasteiger partial charge in [-0.25, -0.2) is 14.8 Å². The van der Waals surface area contributed by atoms with Crippen molar-refractivity contribution in [2.75, 3.05) is 13.1 Å². The Bertz CT molecular complexity index is 1070. The van der Waals surface area contributed by atoms with Gasteiger partial charge < -0.3 is 15.0 Å². The molecule has 1 aliphatic heterocycles. The van der Waals surface area contributed by atoms with Crippen LogP contribution in [0.25, 0.3) is 5.78 Å². The van der Waals surface area contributed by atoms with Crippen LogP contribution in [0.1, 0.15) is 50.4 Å². The first-order valence-electron chi connectivity index (χ1n) is 10.4. The van der Waals surface area contributed by atoms with Gasteiger partial charge in [0.1, 0.15) is 11.6 Å². The quantitative estimate of drug-likeness (QED) is 0.698. The number of hydrogen-bond donors (Lipinski definition) is 1. The number of hydrogen-bond acceptors (Lipinski definition) is 5. The molecule has 4 rings (SSSR count). The Hall–Kier alpha value is -3.42. The highest BCUT2D eigenvalue weighted by Gasteiger charge is 2.34. The number of fused-ring (bicyclic) bond motifs is 1. The molecule has 0 spiro atoms. The van der Waals surface area contributed by atoms with Crippen LogP contribution in [-0.2, 0) is 9.53 Å². The van der Waals surface area contributed by atoms with Gasteiger partial charge >= 0.3 is 6.09 Å². The second-order valence-electron chi connectivity index (χ2n) is 8.73. The third kappa shape index (κ3) is 4.68. The highest BCUT2D eigenvalue weighted by atomic mass is 16.6. The first-order chi connectivity index (χ1) is 14.8. The van der Waals surface area contributed by atoms with E-state index in [2.05, 4.69) is 15.3 Å². The van der Waals surface area contributed by atoms with E-state index in [0.717, 1.165) is 17.7 Å². The molecule has 1 aromatic carbocycles. The minimum atomic E-state index is -0.805. The third-order valence-corrected chi connectivity index (χ3v) is 5.29. The number of likely N-dealkylation sites (tertiary alicyclic amines) is 1. The molecule has 1 aliphatic rings. The lowest BCUT2D eigenvalue weighted by Crippen LogP contribution is -2.43. The summed E-state index contributed by atoms with van der Waals surface area (Å²) in [6, 6.07) is 10.4. The summed E-state index contributed by atoms with van der Waals surface area (Å²) in [7, 11) is 0. The molecule has 8 heteroatoms. The summed E-state index contributed by atoms with van der Waals surface area (Å²) >= 11 is 0. The second-order valence-corrected chi connectivity index (χ2v) is 8.73. The first kappa shape index (κ1) is 20.8. The van der Waals surface area contributed by atoms with Crippen molar-refractivity contribution >= 4 is 17.8 Å². The van der Waals surface area contributed by atoms with Crippen LogP contribution in [0.15, 0.2) is 55.0 Å². The summed E-state index contributed by atoms with van der Waals surface area (Å²) in [5.41, 5.74) is 1.15. The van der Waals surface area contributed by atoms with E-state index in [-0.39, 0.29) is 11.8 Å². The van der Waals surface area contributed by atoms with Gasteiger partial charge in [-0.2, -0.15) is 0 Å². The summed E-state index contributed by atoms with van der Waals surface area (Å²) in [6.07, 6.45) is 5.58. The average molecular weight is 422 g/mol. The molecule has 2 atom stereocenters. The van der Waals surface area contributed by atoms with E-state index in [9.17, 15) is 9.59 Å². The summed E-state index contributed by atoms with van der Waals surface area (Å²) < 4.78 is 7.36. The number of carbonyl (C=O) groups is 2. The Morgan fingerprint density at radius 1 is 1.13 bits per heavy atom. The summed E-state index contributed by atoms with van der Waals surface area (Å²) in [4.78, 5) is 36.2. The van der Waals surface area contributed by atoms with Crippen molar-refractivity contribution in [3.8, 4) is 0 Å². The Labute approximate surface area is 181 Å². The molecule has 0 bridgehead atoms. The molecule has 2 aromatic heterocycles. The van der Waals surface area contributed by atoms with Crippen molar-refractivity contribution in [3.63, 3.8) is 0 Å². The standard InChI is InChI=1S/C23H27N5O3/c1-23(2,3)31-22(30)26-19(16-7-5-4-6-8-16)20(29)27-13-10-17(15-27)18-9-11-24-21-25-12-14-28(18)21/h4-9,11-12,14,17,19H,10,13,15H2,1-3H3,(H,26,30)/t17-,19-/m0/s1. The van der Waals surface area contributed by atoms with Gasteiger partial charge in [0.2, 0.25) is 11.7 Å².